The Morgan fingerprint density at radius 1 is 1.00 bits per heavy atom. The molecule has 0 amide bonds. The van der Waals surface area contributed by atoms with Gasteiger partial charge in [-0.3, -0.25) is 0 Å². The van der Waals surface area contributed by atoms with Crippen LogP contribution in [-0.2, 0) is 6.42 Å². The second-order valence-corrected chi connectivity index (χ2v) is 6.05. The predicted molar refractivity (Wildman–Crippen MR) is 83.1 cm³/mol. The quantitative estimate of drug-likeness (QED) is 0.888. The first-order valence-electron chi connectivity index (χ1n) is 6.86. The molecule has 1 heterocycles. The van der Waals surface area contributed by atoms with Gasteiger partial charge in [-0.2, -0.15) is 0 Å². The highest BCUT2D eigenvalue weighted by atomic mass is 79.9. The molecule has 1 saturated heterocycles. The van der Waals surface area contributed by atoms with Gasteiger partial charge in [0.1, 0.15) is 0 Å². The number of benzene rings is 2. The Bertz CT molecular complexity index is 538. The molecule has 2 unspecified atom stereocenters. The van der Waals surface area contributed by atoms with E-state index >= 15 is 0 Å². The molecule has 2 aromatic carbocycles. The molecule has 0 radical (unpaired) electrons. The fraction of sp³-hybridized carbons (Fsp3) is 0.294. The first-order chi connectivity index (χ1) is 9.34. The lowest BCUT2D eigenvalue weighted by atomic mass is 9.89. The summed E-state index contributed by atoms with van der Waals surface area (Å²) in [6.45, 7) is 1.11. The van der Waals surface area contributed by atoms with E-state index in [0.717, 1.165) is 13.0 Å². The van der Waals surface area contributed by atoms with Crippen LogP contribution in [0.2, 0.25) is 0 Å². The van der Waals surface area contributed by atoms with E-state index in [-0.39, 0.29) is 0 Å². The van der Waals surface area contributed by atoms with Crippen molar-refractivity contribution in [2.45, 2.75) is 18.9 Å². The average molecular weight is 316 g/mol. The van der Waals surface area contributed by atoms with Crippen molar-refractivity contribution >= 4 is 15.9 Å². The second-order valence-electron chi connectivity index (χ2n) is 5.19. The highest BCUT2D eigenvalue weighted by Crippen LogP contribution is 2.35. The number of hydrogen-bond donors (Lipinski definition) is 1. The van der Waals surface area contributed by atoms with E-state index < -0.39 is 0 Å². The third kappa shape index (κ3) is 2.90. The van der Waals surface area contributed by atoms with Crippen LogP contribution in [0.4, 0.5) is 0 Å². The van der Waals surface area contributed by atoms with E-state index in [2.05, 4.69) is 75.8 Å². The predicted octanol–water partition coefficient (Wildman–Crippen LogP) is 4.34. The van der Waals surface area contributed by atoms with E-state index in [4.69, 9.17) is 0 Å². The zero-order chi connectivity index (χ0) is 13.1. The summed E-state index contributed by atoms with van der Waals surface area (Å²) in [5.41, 5.74) is 2.83. The highest BCUT2D eigenvalue weighted by molar-refractivity contribution is 9.10. The van der Waals surface area contributed by atoms with Crippen molar-refractivity contribution in [2.75, 3.05) is 6.54 Å². The largest absolute Gasteiger partial charge is 0.310 e. The maximum Gasteiger partial charge on any atom is 0.0363 e. The molecule has 1 aliphatic rings. The molecule has 0 aliphatic carbocycles. The summed E-state index contributed by atoms with van der Waals surface area (Å²) in [6.07, 6.45) is 2.40. The van der Waals surface area contributed by atoms with Gasteiger partial charge in [0.15, 0.2) is 0 Å². The molecule has 1 N–H and O–H groups in total. The van der Waals surface area contributed by atoms with Gasteiger partial charge in [-0.15, -0.1) is 0 Å². The first-order valence-corrected chi connectivity index (χ1v) is 7.65. The lowest BCUT2D eigenvalue weighted by Crippen LogP contribution is -2.19. The Labute approximate surface area is 123 Å². The molecule has 0 bridgehead atoms. The van der Waals surface area contributed by atoms with Crippen LogP contribution in [0.5, 0.6) is 0 Å². The van der Waals surface area contributed by atoms with Gasteiger partial charge in [0.2, 0.25) is 0 Å². The number of nitrogens with one attached hydrogen (secondary N) is 1. The van der Waals surface area contributed by atoms with Crippen molar-refractivity contribution in [1.29, 1.82) is 0 Å². The van der Waals surface area contributed by atoms with Gasteiger partial charge in [-0.25, -0.2) is 0 Å². The van der Waals surface area contributed by atoms with Crippen molar-refractivity contribution in [3.8, 4) is 0 Å². The van der Waals surface area contributed by atoms with Crippen molar-refractivity contribution < 1.29 is 0 Å². The molecule has 2 aromatic rings. The SMILES string of the molecule is Brc1ccccc1C1NCCC1Cc1ccccc1. The second kappa shape index (κ2) is 5.89. The minimum absolute atomic E-state index is 0.468. The lowest BCUT2D eigenvalue weighted by Gasteiger charge is -2.21. The zero-order valence-electron chi connectivity index (χ0n) is 10.9. The van der Waals surface area contributed by atoms with Crippen LogP contribution in [-0.4, -0.2) is 6.54 Å². The summed E-state index contributed by atoms with van der Waals surface area (Å²) in [5, 5.41) is 3.65. The van der Waals surface area contributed by atoms with Crippen LogP contribution >= 0.6 is 15.9 Å². The van der Waals surface area contributed by atoms with Crippen molar-refractivity contribution in [1.82, 2.24) is 5.32 Å². The van der Waals surface area contributed by atoms with Gasteiger partial charge in [0.25, 0.3) is 0 Å². The summed E-state index contributed by atoms with van der Waals surface area (Å²) in [4.78, 5) is 0. The monoisotopic (exact) mass is 315 g/mol. The minimum atomic E-state index is 0.468. The minimum Gasteiger partial charge on any atom is -0.310 e. The van der Waals surface area contributed by atoms with Crippen molar-refractivity contribution in [3.05, 3.63) is 70.2 Å². The molecule has 1 fully saturated rings. The Kier molecular flexibility index (Phi) is 4.00. The number of rotatable bonds is 3. The Morgan fingerprint density at radius 3 is 2.53 bits per heavy atom. The Hall–Kier alpha value is -1.12. The van der Waals surface area contributed by atoms with Crippen LogP contribution < -0.4 is 5.32 Å². The molecule has 1 aliphatic heterocycles. The van der Waals surface area contributed by atoms with Gasteiger partial charge in [0, 0.05) is 10.5 Å². The van der Waals surface area contributed by atoms with E-state index in [1.807, 2.05) is 0 Å². The Balaban J connectivity index is 1.81. The topological polar surface area (TPSA) is 12.0 Å². The fourth-order valence-electron chi connectivity index (χ4n) is 2.99. The highest BCUT2D eigenvalue weighted by Gasteiger charge is 2.29. The van der Waals surface area contributed by atoms with Gasteiger partial charge in [-0.1, -0.05) is 64.5 Å². The third-order valence-electron chi connectivity index (χ3n) is 3.93. The first kappa shape index (κ1) is 12.9. The third-order valence-corrected chi connectivity index (χ3v) is 4.65. The fourth-order valence-corrected chi connectivity index (χ4v) is 3.52. The van der Waals surface area contributed by atoms with Crippen molar-refractivity contribution in [3.63, 3.8) is 0 Å². The molecule has 1 nitrogen and oxygen atoms in total. The molecule has 2 heteroatoms. The molecule has 0 aromatic heterocycles. The molecule has 2 atom stereocenters. The molecule has 3 rings (SSSR count). The lowest BCUT2D eigenvalue weighted by molar-refractivity contribution is 0.459. The van der Waals surface area contributed by atoms with Crippen LogP contribution in [0.25, 0.3) is 0 Å². The molecule has 19 heavy (non-hydrogen) atoms. The Morgan fingerprint density at radius 2 is 1.74 bits per heavy atom. The van der Waals surface area contributed by atoms with E-state index in [0.29, 0.717) is 12.0 Å². The van der Waals surface area contributed by atoms with Crippen LogP contribution in [0.3, 0.4) is 0 Å². The average Bonchev–Trinajstić information content (AvgIpc) is 2.88. The van der Waals surface area contributed by atoms with Crippen LogP contribution in [0, 0.1) is 5.92 Å². The summed E-state index contributed by atoms with van der Waals surface area (Å²) in [7, 11) is 0. The van der Waals surface area contributed by atoms with Crippen molar-refractivity contribution in [2.24, 2.45) is 5.92 Å². The van der Waals surface area contributed by atoms with Crippen LogP contribution in [0.1, 0.15) is 23.6 Å². The molecular formula is C17H18BrN. The van der Waals surface area contributed by atoms with Gasteiger partial charge < -0.3 is 5.32 Å². The van der Waals surface area contributed by atoms with E-state index in [1.165, 1.54) is 22.0 Å². The number of hydrogen-bond acceptors (Lipinski definition) is 1. The standard InChI is InChI=1S/C17H18BrN/c18-16-9-5-4-8-15(16)17-14(10-11-19-17)12-13-6-2-1-3-7-13/h1-9,14,17,19H,10-12H2. The normalized spacial score (nSPS) is 22.6. The van der Waals surface area contributed by atoms with Gasteiger partial charge in [0.05, 0.1) is 0 Å². The zero-order valence-corrected chi connectivity index (χ0v) is 12.4. The van der Waals surface area contributed by atoms with Crippen LogP contribution in [0.15, 0.2) is 59.1 Å². The summed E-state index contributed by atoms with van der Waals surface area (Å²) in [6, 6.07) is 19.8. The van der Waals surface area contributed by atoms with Gasteiger partial charge >= 0.3 is 0 Å². The number of halogens is 1. The smallest absolute Gasteiger partial charge is 0.0363 e. The van der Waals surface area contributed by atoms with E-state index in [9.17, 15) is 0 Å². The van der Waals surface area contributed by atoms with Gasteiger partial charge in [-0.05, 0) is 42.5 Å². The molecular weight excluding hydrogens is 298 g/mol. The summed E-state index contributed by atoms with van der Waals surface area (Å²) >= 11 is 3.68. The maximum atomic E-state index is 3.68. The molecule has 0 saturated carbocycles. The summed E-state index contributed by atoms with van der Waals surface area (Å²) < 4.78 is 1.22. The summed E-state index contributed by atoms with van der Waals surface area (Å²) in [5.74, 6) is 0.682. The molecule has 0 spiro atoms. The maximum absolute atomic E-state index is 3.68. The molecule has 98 valence electrons. The van der Waals surface area contributed by atoms with E-state index in [1.54, 1.807) is 0 Å².